The first-order valence-electron chi connectivity index (χ1n) is 4.03. The molecule has 58 valence electrons. The van der Waals surface area contributed by atoms with E-state index in [-0.39, 0.29) is 5.54 Å². The van der Waals surface area contributed by atoms with Crippen LogP contribution in [0.15, 0.2) is 24.3 Å². The molecule has 0 aliphatic carbocycles. The Labute approximate surface area is 67.4 Å². The van der Waals surface area contributed by atoms with Crippen LogP contribution in [-0.4, -0.2) is 0 Å². The van der Waals surface area contributed by atoms with Gasteiger partial charge in [0.25, 0.3) is 0 Å². The molecule has 0 bridgehead atoms. The molecule has 1 heteroatoms. The van der Waals surface area contributed by atoms with Crippen molar-refractivity contribution in [3.05, 3.63) is 35.4 Å². The summed E-state index contributed by atoms with van der Waals surface area (Å²) in [6, 6.07) is 8.60. The highest BCUT2D eigenvalue weighted by Gasteiger charge is 2.27. The van der Waals surface area contributed by atoms with Crippen LogP contribution in [-0.2, 0) is 12.1 Å². The molecule has 1 aromatic rings. The number of benzene rings is 1. The Hall–Kier alpha value is -0.820. The third-order valence-corrected chi connectivity index (χ3v) is 2.41. The van der Waals surface area contributed by atoms with Gasteiger partial charge in [-0.2, -0.15) is 0 Å². The maximum atomic E-state index is 3.46. The summed E-state index contributed by atoms with van der Waals surface area (Å²) >= 11 is 0. The van der Waals surface area contributed by atoms with Gasteiger partial charge < -0.3 is 5.32 Å². The Morgan fingerprint density at radius 3 is 2.73 bits per heavy atom. The molecule has 1 aliphatic rings. The lowest BCUT2D eigenvalue weighted by molar-refractivity contribution is 0.442. The smallest absolute Gasteiger partial charge is 0.0383 e. The van der Waals surface area contributed by atoms with E-state index >= 15 is 0 Å². The molecule has 0 aromatic heterocycles. The number of rotatable bonds is 0. The lowest BCUT2D eigenvalue weighted by atomic mass is 9.95. The highest BCUT2D eigenvalue weighted by Crippen LogP contribution is 2.29. The van der Waals surface area contributed by atoms with E-state index in [2.05, 4.69) is 43.4 Å². The molecule has 1 N–H and O–H groups in total. The average molecular weight is 147 g/mol. The molecule has 0 amide bonds. The Morgan fingerprint density at radius 2 is 2.00 bits per heavy atom. The van der Waals surface area contributed by atoms with Gasteiger partial charge in [-0.25, -0.2) is 0 Å². The number of nitrogens with one attached hydrogen (secondary N) is 1. The minimum atomic E-state index is 0.177. The second-order valence-corrected chi connectivity index (χ2v) is 3.64. The molecular weight excluding hydrogens is 134 g/mol. The normalized spacial score (nSPS) is 19.8. The van der Waals surface area contributed by atoms with Gasteiger partial charge in [0.15, 0.2) is 0 Å². The van der Waals surface area contributed by atoms with Crippen LogP contribution in [0.3, 0.4) is 0 Å². The predicted molar refractivity (Wildman–Crippen MR) is 46.3 cm³/mol. The number of hydrogen-bond acceptors (Lipinski definition) is 1. The maximum Gasteiger partial charge on any atom is 0.0383 e. The maximum absolute atomic E-state index is 3.46. The minimum Gasteiger partial charge on any atom is -0.304 e. The van der Waals surface area contributed by atoms with E-state index < -0.39 is 0 Å². The van der Waals surface area contributed by atoms with E-state index in [1.165, 1.54) is 11.1 Å². The molecule has 0 unspecified atom stereocenters. The minimum absolute atomic E-state index is 0.177. The van der Waals surface area contributed by atoms with E-state index in [1.54, 1.807) is 0 Å². The SMILES string of the molecule is CC1(C)NCc2ccccc21. The molecule has 0 fully saturated rings. The summed E-state index contributed by atoms with van der Waals surface area (Å²) in [4.78, 5) is 0. The summed E-state index contributed by atoms with van der Waals surface area (Å²) < 4.78 is 0. The molecular formula is C10H13N. The van der Waals surface area contributed by atoms with Crippen LogP contribution in [0.1, 0.15) is 25.0 Å². The first kappa shape index (κ1) is 6.86. The summed E-state index contributed by atoms with van der Waals surface area (Å²) in [6.45, 7) is 5.46. The Bertz CT molecular complexity index is 276. The van der Waals surface area contributed by atoms with Crippen LogP contribution in [0.4, 0.5) is 0 Å². The van der Waals surface area contributed by atoms with Gasteiger partial charge in [-0.05, 0) is 25.0 Å². The first-order chi connectivity index (χ1) is 5.20. The lowest BCUT2D eigenvalue weighted by Gasteiger charge is -2.19. The van der Waals surface area contributed by atoms with Crippen molar-refractivity contribution < 1.29 is 0 Å². The van der Waals surface area contributed by atoms with Gasteiger partial charge in [0.2, 0.25) is 0 Å². The lowest BCUT2D eigenvalue weighted by Crippen LogP contribution is -2.28. The van der Waals surface area contributed by atoms with Crippen LogP contribution >= 0.6 is 0 Å². The fourth-order valence-electron chi connectivity index (χ4n) is 1.70. The van der Waals surface area contributed by atoms with E-state index in [0.29, 0.717) is 0 Å². The Kier molecular flexibility index (Phi) is 1.30. The van der Waals surface area contributed by atoms with Crippen LogP contribution in [0, 0.1) is 0 Å². The molecule has 1 nitrogen and oxygen atoms in total. The van der Waals surface area contributed by atoms with Crippen LogP contribution in [0.2, 0.25) is 0 Å². The fraction of sp³-hybridized carbons (Fsp3) is 0.400. The van der Waals surface area contributed by atoms with Crippen LogP contribution in [0.5, 0.6) is 0 Å². The van der Waals surface area contributed by atoms with Gasteiger partial charge in [0, 0.05) is 12.1 Å². The molecule has 2 rings (SSSR count). The van der Waals surface area contributed by atoms with Crippen molar-refractivity contribution in [3.8, 4) is 0 Å². The van der Waals surface area contributed by atoms with Crippen molar-refractivity contribution in [1.82, 2.24) is 5.32 Å². The zero-order valence-corrected chi connectivity index (χ0v) is 7.02. The largest absolute Gasteiger partial charge is 0.304 e. The monoisotopic (exact) mass is 147 g/mol. The zero-order chi connectivity index (χ0) is 7.90. The standard InChI is InChI=1S/C10H13N/c1-10(2)9-6-4-3-5-8(9)7-11-10/h3-6,11H,7H2,1-2H3. The summed E-state index contributed by atoms with van der Waals surface area (Å²) in [5, 5.41) is 3.46. The van der Waals surface area contributed by atoms with Crippen molar-refractivity contribution in [2.75, 3.05) is 0 Å². The molecule has 0 saturated heterocycles. The highest BCUT2D eigenvalue weighted by atomic mass is 15.0. The van der Waals surface area contributed by atoms with Gasteiger partial charge in [-0.3, -0.25) is 0 Å². The van der Waals surface area contributed by atoms with E-state index in [1.807, 2.05) is 0 Å². The number of hydrogen-bond donors (Lipinski definition) is 1. The molecule has 1 heterocycles. The highest BCUT2D eigenvalue weighted by molar-refractivity contribution is 5.36. The third kappa shape index (κ3) is 0.962. The number of fused-ring (bicyclic) bond motifs is 1. The van der Waals surface area contributed by atoms with Crippen molar-refractivity contribution >= 4 is 0 Å². The summed E-state index contributed by atoms with van der Waals surface area (Å²) in [5.74, 6) is 0. The van der Waals surface area contributed by atoms with Gasteiger partial charge in [0.1, 0.15) is 0 Å². The molecule has 0 saturated carbocycles. The van der Waals surface area contributed by atoms with Gasteiger partial charge >= 0.3 is 0 Å². The molecule has 0 atom stereocenters. The van der Waals surface area contributed by atoms with Gasteiger partial charge in [0.05, 0.1) is 0 Å². The molecule has 1 aliphatic heterocycles. The van der Waals surface area contributed by atoms with Crippen molar-refractivity contribution in [3.63, 3.8) is 0 Å². The van der Waals surface area contributed by atoms with E-state index in [4.69, 9.17) is 0 Å². The Morgan fingerprint density at radius 1 is 1.27 bits per heavy atom. The van der Waals surface area contributed by atoms with Crippen molar-refractivity contribution in [2.45, 2.75) is 25.9 Å². The summed E-state index contributed by atoms with van der Waals surface area (Å²) in [5.41, 5.74) is 3.06. The zero-order valence-electron chi connectivity index (χ0n) is 7.02. The third-order valence-electron chi connectivity index (χ3n) is 2.41. The second-order valence-electron chi connectivity index (χ2n) is 3.64. The van der Waals surface area contributed by atoms with Crippen LogP contribution < -0.4 is 5.32 Å². The average Bonchev–Trinajstić information content (AvgIpc) is 2.29. The van der Waals surface area contributed by atoms with Crippen molar-refractivity contribution in [1.29, 1.82) is 0 Å². The van der Waals surface area contributed by atoms with Crippen LogP contribution in [0.25, 0.3) is 0 Å². The predicted octanol–water partition coefficient (Wildman–Crippen LogP) is 2.02. The second kappa shape index (κ2) is 2.08. The topological polar surface area (TPSA) is 12.0 Å². The molecule has 1 aromatic carbocycles. The van der Waals surface area contributed by atoms with E-state index in [9.17, 15) is 0 Å². The Balaban J connectivity index is 2.56. The molecule has 0 spiro atoms. The summed E-state index contributed by atoms with van der Waals surface area (Å²) in [6.07, 6.45) is 0. The first-order valence-corrected chi connectivity index (χ1v) is 4.03. The van der Waals surface area contributed by atoms with Crippen molar-refractivity contribution in [2.24, 2.45) is 0 Å². The molecule has 11 heavy (non-hydrogen) atoms. The van der Waals surface area contributed by atoms with E-state index in [0.717, 1.165) is 6.54 Å². The quantitative estimate of drug-likeness (QED) is 0.592. The fourth-order valence-corrected chi connectivity index (χ4v) is 1.70. The molecule has 0 radical (unpaired) electrons. The van der Waals surface area contributed by atoms with Gasteiger partial charge in [-0.1, -0.05) is 24.3 Å². The van der Waals surface area contributed by atoms with Gasteiger partial charge in [-0.15, -0.1) is 0 Å². The summed E-state index contributed by atoms with van der Waals surface area (Å²) in [7, 11) is 0.